The van der Waals surface area contributed by atoms with Gasteiger partial charge in [0.1, 0.15) is 16.4 Å². The van der Waals surface area contributed by atoms with Crippen molar-refractivity contribution < 1.29 is 17.9 Å². The summed E-state index contributed by atoms with van der Waals surface area (Å²) in [6.07, 6.45) is 3.30. The first kappa shape index (κ1) is 18.9. The molecule has 1 heterocycles. The van der Waals surface area contributed by atoms with Gasteiger partial charge in [-0.05, 0) is 36.2 Å². The molecular weight excluding hydrogens is 362 g/mol. The molecule has 3 rings (SSSR count). The maximum Gasteiger partial charge on any atom is 0.186 e. The number of ether oxygens (including phenoxy) is 2. The van der Waals surface area contributed by atoms with Crippen molar-refractivity contribution in [3.63, 3.8) is 0 Å². The van der Waals surface area contributed by atoms with E-state index in [1.807, 2.05) is 37.3 Å². The van der Waals surface area contributed by atoms with Gasteiger partial charge < -0.3 is 9.47 Å². The van der Waals surface area contributed by atoms with Crippen LogP contribution in [0, 0.1) is 6.92 Å². The Bertz CT molecular complexity index is 1040. The van der Waals surface area contributed by atoms with Crippen LogP contribution < -0.4 is 9.47 Å². The summed E-state index contributed by atoms with van der Waals surface area (Å²) in [5.41, 5.74) is 3.64. The van der Waals surface area contributed by atoms with Gasteiger partial charge in [0.05, 0.1) is 20.0 Å². The molecule has 0 amide bonds. The molecule has 6 heteroatoms. The quantitative estimate of drug-likeness (QED) is 0.642. The third-order valence-electron chi connectivity index (χ3n) is 4.24. The molecular formula is C21H21NO4S. The van der Waals surface area contributed by atoms with Crippen molar-refractivity contribution in [2.45, 2.75) is 17.6 Å². The van der Waals surface area contributed by atoms with E-state index in [0.717, 1.165) is 16.7 Å². The topological polar surface area (TPSA) is 65.5 Å². The van der Waals surface area contributed by atoms with Crippen LogP contribution in [0.1, 0.15) is 11.1 Å². The number of methoxy groups -OCH3 is 2. The SMILES string of the molecule is COc1ccc(OC)c(S(=O)(=O)Cc2cncc(-c3ccc(C)cc3)c2)c1. The van der Waals surface area contributed by atoms with Crippen LogP contribution >= 0.6 is 0 Å². The lowest BCUT2D eigenvalue weighted by atomic mass is 10.1. The van der Waals surface area contributed by atoms with E-state index >= 15 is 0 Å². The lowest BCUT2D eigenvalue weighted by Gasteiger charge is -2.12. The number of sulfone groups is 1. The molecule has 0 fully saturated rings. The number of aryl methyl sites for hydroxylation is 1. The molecule has 0 unspecified atom stereocenters. The summed E-state index contributed by atoms with van der Waals surface area (Å²) in [7, 11) is -0.701. The lowest BCUT2D eigenvalue weighted by Crippen LogP contribution is -2.07. The molecule has 0 radical (unpaired) electrons. The fourth-order valence-electron chi connectivity index (χ4n) is 2.79. The van der Waals surface area contributed by atoms with E-state index in [2.05, 4.69) is 4.98 Å². The van der Waals surface area contributed by atoms with Crippen molar-refractivity contribution in [2.75, 3.05) is 14.2 Å². The van der Waals surface area contributed by atoms with Gasteiger partial charge in [-0.25, -0.2) is 8.42 Å². The maximum atomic E-state index is 13.0. The number of hydrogen-bond acceptors (Lipinski definition) is 5. The molecule has 5 nitrogen and oxygen atoms in total. The van der Waals surface area contributed by atoms with Gasteiger partial charge in [-0.2, -0.15) is 0 Å². The Morgan fingerprint density at radius 2 is 1.63 bits per heavy atom. The molecule has 0 aliphatic heterocycles. The molecule has 0 saturated carbocycles. The van der Waals surface area contributed by atoms with Gasteiger partial charge in [0, 0.05) is 24.0 Å². The molecule has 0 saturated heterocycles. The molecule has 0 N–H and O–H groups in total. The largest absolute Gasteiger partial charge is 0.497 e. The average Bonchev–Trinajstić information content (AvgIpc) is 2.68. The average molecular weight is 383 g/mol. The third kappa shape index (κ3) is 4.28. The zero-order chi connectivity index (χ0) is 19.4. The molecule has 0 atom stereocenters. The highest BCUT2D eigenvalue weighted by Crippen LogP contribution is 2.31. The van der Waals surface area contributed by atoms with E-state index in [-0.39, 0.29) is 10.6 Å². The Kier molecular flexibility index (Phi) is 5.46. The van der Waals surface area contributed by atoms with Crippen LogP contribution in [0.2, 0.25) is 0 Å². The van der Waals surface area contributed by atoms with Crippen molar-refractivity contribution >= 4 is 9.84 Å². The molecule has 0 aliphatic rings. The number of aromatic nitrogens is 1. The van der Waals surface area contributed by atoms with E-state index in [1.54, 1.807) is 24.5 Å². The maximum absolute atomic E-state index is 13.0. The Hall–Kier alpha value is -2.86. The zero-order valence-electron chi connectivity index (χ0n) is 15.5. The fourth-order valence-corrected chi connectivity index (χ4v) is 4.30. The summed E-state index contributed by atoms with van der Waals surface area (Å²) in [6, 6.07) is 14.6. The predicted octanol–water partition coefficient (Wildman–Crippen LogP) is 4.05. The highest BCUT2D eigenvalue weighted by Gasteiger charge is 2.21. The summed E-state index contributed by atoms with van der Waals surface area (Å²) in [5.74, 6) is 0.572. The monoisotopic (exact) mass is 383 g/mol. The van der Waals surface area contributed by atoms with Crippen molar-refractivity contribution in [3.8, 4) is 22.6 Å². The summed E-state index contributed by atoms with van der Waals surface area (Å²) < 4.78 is 36.3. The summed E-state index contributed by atoms with van der Waals surface area (Å²) in [5, 5.41) is 0. The number of benzene rings is 2. The van der Waals surface area contributed by atoms with Crippen molar-refractivity contribution in [1.29, 1.82) is 0 Å². The number of nitrogens with zero attached hydrogens (tertiary/aromatic N) is 1. The van der Waals surface area contributed by atoms with E-state index < -0.39 is 9.84 Å². The Labute approximate surface area is 159 Å². The lowest BCUT2D eigenvalue weighted by molar-refractivity contribution is 0.392. The fraction of sp³-hybridized carbons (Fsp3) is 0.190. The van der Waals surface area contributed by atoms with Crippen LogP contribution in [0.5, 0.6) is 11.5 Å². The van der Waals surface area contributed by atoms with E-state index in [1.165, 1.54) is 20.3 Å². The van der Waals surface area contributed by atoms with Gasteiger partial charge in [0.2, 0.25) is 0 Å². The van der Waals surface area contributed by atoms with Gasteiger partial charge >= 0.3 is 0 Å². The molecule has 1 aromatic heterocycles. The molecule has 140 valence electrons. The van der Waals surface area contributed by atoms with Gasteiger partial charge in [-0.15, -0.1) is 0 Å². The van der Waals surface area contributed by atoms with Gasteiger partial charge in [0.25, 0.3) is 0 Å². The molecule has 0 aliphatic carbocycles. The second-order valence-corrected chi connectivity index (χ2v) is 8.18. The first-order chi connectivity index (χ1) is 12.9. The molecule has 3 aromatic rings. The Morgan fingerprint density at radius 1 is 0.889 bits per heavy atom. The number of rotatable bonds is 6. The second kappa shape index (κ2) is 7.80. The van der Waals surface area contributed by atoms with Crippen LogP contribution in [0.4, 0.5) is 0 Å². The van der Waals surface area contributed by atoms with Crippen LogP contribution in [0.3, 0.4) is 0 Å². The molecule has 0 bridgehead atoms. The molecule has 2 aromatic carbocycles. The predicted molar refractivity (Wildman–Crippen MR) is 105 cm³/mol. The Morgan fingerprint density at radius 3 is 2.30 bits per heavy atom. The first-order valence-electron chi connectivity index (χ1n) is 8.38. The summed E-state index contributed by atoms with van der Waals surface area (Å²) in [4.78, 5) is 4.32. The highest BCUT2D eigenvalue weighted by molar-refractivity contribution is 7.90. The van der Waals surface area contributed by atoms with Crippen molar-refractivity contribution in [2.24, 2.45) is 0 Å². The van der Waals surface area contributed by atoms with E-state index in [4.69, 9.17) is 9.47 Å². The Balaban J connectivity index is 1.95. The standard InChI is InChI=1S/C21H21NO4S/c1-15-4-6-17(7-5-15)18-10-16(12-22-13-18)14-27(23,24)21-11-19(25-2)8-9-20(21)26-3/h4-13H,14H2,1-3H3. The summed E-state index contributed by atoms with van der Waals surface area (Å²) >= 11 is 0. The van der Waals surface area contributed by atoms with E-state index in [0.29, 0.717) is 17.1 Å². The first-order valence-corrected chi connectivity index (χ1v) is 10.0. The van der Waals surface area contributed by atoms with Gasteiger partial charge in [0.15, 0.2) is 9.84 Å². The second-order valence-electron chi connectivity index (χ2n) is 6.22. The molecule has 27 heavy (non-hydrogen) atoms. The minimum atomic E-state index is -3.64. The minimum absolute atomic E-state index is 0.102. The van der Waals surface area contributed by atoms with Crippen LogP contribution in [0.15, 0.2) is 65.8 Å². The van der Waals surface area contributed by atoms with Crippen molar-refractivity contribution in [3.05, 3.63) is 72.1 Å². The van der Waals surface area contributed by atoms with Gasteiger partial charge in [-0.1, -0.05) is 29.8 Å². The zero-order valence-corrected chi connectivity index (χ0v) is 16.3. The van der Waals surface area contributed by atoms with Crippen molar-refractivity contribution in [1.82, 2.24) is 4.98 Å². The van der Waals surface area contributed by atoms with Crippen LogP contribution in [-0.4, -0.2) is 27.6 Å². The normalized spacial score (nSPS) is 11.2. The number of pyridine rings is 1. The van der Waals surface area contributed by atoms with Crippen LogP contribution in [0.25, 0.3) is 11.1 Å². The van der Waals surface area contributed by atoms with Crippen LogP contribution in [-0.2, 0) is 15.6 Å². The van der Waals surface area contributed by atoms with E-state index in [9.17, 15) is 8.42 Å². The third-order valence-corrected chi connectivity index (χ3v) is 5.94. The minimum Gasteiger partial charge on any atom is -0.497 e. The summed E-state index contributed by atoms with van der Waals surface area (Å²) in [6.45, 7) is 2.02. The number of hydrogen-bond donors (Lipinski definition) is 0. The highest BCUT2D eigenvalue weighted by atomic mass is 32.2. The molecule has 0 spiro atoms. The smallest absolute Gasteiger partial charge is 0.186 e. The van der Waals surface area contributed by atoms with Gasteiger partial charge in [-0.3, -0.25) is 4.98 Å².